The lowest BCUT2D eigenvalue weighted by Crippen LogP contribution is -2.46. The summed E-state index contributed by atoms with van der Waals surface area (Å²) in [5, 5.41) is 0. The molecule has 4 N–H and O–H groups in total. The van der Waals surface area contributed by atoms with Crippen LogP contribution in [-0.2, 0) is 9.59 Å². The van der Waals surface area contributed by atoms with Crippen LogP contribution in [0.4, 0.5) is 0 Å². The van der Waals surface area contributed by atoms with E-state index in [2.05, 4.69) is 0 Å². The van der Waals surface area contributed by atoms with Crippen LogP contribution in [0.3, 0.4) is 0 Å². The topological polar surface area (TPSA) is 89.4 Å². The second-order valence-electron chi connectivity index (χ2n) is 6.52. The normalized spacial score (nSPS) is 25.0. The van der Waals surface area contributed by atoms with Crippen molar-refractivity contribution in [2.24, 2.45) is 22.8 Å². The van der Waals surface area contributed by atoms with Gasteiger partial charge in [-0.05, 0) is 37.6 Å². The summed E-state index contributed by atoms with van der Waals surface area (Å²) in [5.41, 5.74) is 11.3. The third kappa shape index (κ3) is 4.58. The number of halogens is 1. The zero-order chi connectivity index (χ0) is 14.6. The maximum absolute atomic E-state index is 12.5. The highest BCUT2D eigenvalue weighted by Crippen LogP contribution is 2.39. The molecular formula is C15H28ClN3O2. The first-order valence-corrected chi connectivity index (χ1v) is 7.83. The quantitative estimate of drug-likeness (QED) is 0.822. The van der Waals surface area contributed by atoms with Gasteiger partial charge in [0, 0.05) is 19.5 Å². The van der Waals surface area contributed by atoms with E-state index in [1.807, 2.05) is 4.90 Å². The Balaban J connectivity index is 0.00000220. The van der Waals surface area contributed by atoms with Crippen LogP contribution >= 0.6 is 12.4 Å². The van der Waals surface area contributed by atoms with E-state index in [-0.39, 0.29) is 35.6 Å². The van der Waals surface area contributed by atoms with Gasteiger partial charge in [-0.3, -0.25) is 9.59 Å². The van der Waals surface area contributed by atoms with Crippen molar-refractivity contribution in [3.8, 4) is 0 Å². The summed E-state index contributed by atoms with van der Waals surface area (Å²) in [4.78, 5) is 25.6. The Bertz CT molecular complexity index is 370. The first kappa shape index (κ1) is 18.2. The van der Waals surface area contributed by atoms with E-state index >= 15 is 0 Å². The molecule has 1 saturated heterocycles. The van der Waals surface area contributed by atoms with Crippen molar-refractivity contribution in [3.63, 3.8) is 0 Å². The standard InChI is InChI=1S/C15H27N3O2.ClH/c16-11-15(6-2-1-3-7-15)9-13(19)18-8-4-5-12(10-18)14(17)20;/h12H,1-11,16H2,(H2,17,20);1H. The van der Waals surface area contributed by atoms with Crippen LogP contribution in [0.25, 0.3) is 0 Å². The number of carbonyl (C=O) groups is 2. The largest absolute Gasteiger partial charge is 0.369 e. The van der Waals surface area contributed by atoms with Crippen LogP contribution in [0.1, 0.15) is 51.4 Å². The molecule has 2 fully saturated rings. The van der Waals surface area contributed by atoms with Gasteiger partial charge in [-0.1, -0.05) is 19.3 Å². The number of nitrogens with two attached hydrogens (primary N) is 2. The Hall–Kier alpha value is -0.810. The second kappa shape index (κ2) is 7.99. The van der Waals surface area contributed by atoms with Crippen molar-refractivity contribution in [2.75, 3.05) is 19.6 Å². The smallest absolute Gasteiger partial charge is 0.223 e. The maximum Gasteiger partial charge on any atom is 0.223 e. The lowest BCUT2D eigenvalue weighted by molar-refractivity contribution is -0.137. The fourth-order valence-corrected chi connectivity index (χ4v) is 3.62. The van der Waals surface area contributed by atoms with Crippen molar-refractivity contribution in [2.45, 2.75) is 51.4 Å². The molecule has 2 aliphatic rings. The molecule has 6 heteroatoms. The van der Waals surface area contributed by atoms with E-state index in [0.717, 1.165) is 32.2 Å². The molecule has 0 aromatic carbocycles. The number of rotatable bonds is 4. The minimum Gasteiger partial charge on any atom is -0.369 e. The van der Waals surface area contributed by atoms with E-state index in [9.17, 15) is 9.59 Å². The molecular weight excluding hydrogens is 290 g/mol. The predicted molar refractivity (Wildman–Crippen MR) is 84.9 cm³/mol. The number of primary amides is 1. The summed E-state index contributed by atoms with van der Waals surface area (Å²) in [5.74, 6) is -0.301. The van der Waals surface area contributed by atoms with Gasteiger partial charge in [0.1, 0.15) is 0 Å². The molecule has 0 aromatic rings. The molecule has 0 radical (unpaired) electrons. The first-order valence-electron chi connectivity index (χ1n) is 7.83. The fraction of sp³-hybridized carbons (Fsp3) is 0.867. The molecule has 1 atom stereocenters. The van der Waals surface area contributed by atoms with Gasteiger partial charge in [0.05, 0.1) is 5.92 Å². The molecule has 1 heterocycles. The minimum atomic E-state index is -0.284. The van der Waals surface area contributed by atoms with E-state index in [1.54, 1.807) is 0 Å². The van der Waals surface area contributed by atoms with Gasteiger partial charge in [-0.2, -0.15) is 0 Å². The monoisotopic (exact) mass is 317 g/mol. The lowest BCUT2D eigenvalue weighted by Gasteiger charge is -2.39. The molecule has 122 valence electrons. The average Bonchev–Trinajstić information content (AvgIpc) is 2.48. The van der Waals surface area contributed by atoms with Gasteiger partial charge in [0.2, 0.25) is 11.8 Å². The number of nitrogens with zero attached hydrogens (tertiary/aromatic N) is 1. The molecule has 1 aliphatic heterocycles. The maximum atomic E-state index is 12.5. The van der Waals surface area contributed by atoms with Crippen molar-refractivity contribution in [3.05, 3.63) is 0 Å². The molecule has 0 spiro atoms. The predicted octanol–water partition coefficient (Wildman–Crippen LogP) is 1.43. The highest BCUT2D eigenvalue weighted by atomic mass is 35.5. The van der Waals surface area contributed by atoms with Crippen LogP contribution in [0.15, 0.2) is 0 Å². The molecule has 5 nitrogen and oxygen atoms in total. The molecule has 1 saturated carbocycles. The van der Waals surface area contributed by atoms with E-state index in [4.69, 9.17) is 11.5 Å². The SMILES string of the molecule is Cl.NCC1(CC(=O)N2CCCC(C(N)=O)C2)CCCCC1. The third-order valence-electron chi connectivity index (χ3n) is 5.05. The van der Waals surface area contributed by atoms with Gasteiger partial charge < -0.3 is 16.4 Å². The summed E-state index contributed by atoms with van der Waals surface area (Å²) in [6.07, 6.45) is 7.93. The Kier molecular flexibility index (Phi) is 6.94. The van der Waals surface area contributed by atoms with Crippen LogP contribution in [-0.4, -0.2) is 36.3 Å². The van der Waals surface area contributed by atoms with Crippen molar-refractivity contribution in [1.29, 1.82) is 0 Å². The number of likely N-dealkylation sites (tertiary alicyclic amines) is 1. The van der Waals surface area contributed by atoms with E-state index < -0.39 is 0 Å². The highest BCUT2D eigenvalue weighted by Gasteiger charge is 2.36. The van der Waals surface area contributed by atoms with Crippen molar-refractivity contribution in [1.82, 2.24) is 4.90 Å². The van der Waals surface area contributed by atoms with Gasteiger partial charge in [0.15, 0.2) is 0 Å². The molecule has 1 unspecified atom stereocenters. The van der Waals surface area contributed by atoms with Crippen LogP contribution in [0, 0.1) is 11.3 Å². The Morgan fingerprint density at radius 1 is 1.14 bits per heavy atom. The van der Waals surface area contributed by atoms with E-state index in [1.165, 1.54) is 19.3 Å². The zero-order valence-electron chi connectivity index (χ0n) is 12.7. The van der Waals surface area contributed by atoms with Crippen LogP contribution < -0.4 is 11.5 Å². The zero-order valence-corrected chi connectivity index (χ0v) is 13.5. The third-order valence-corrected chi connectivity index (χ3v) is 5.05. The number of piperidine rings is 1. The number of hydrogen-bond acceptors (Lipinski definition) is 3. The second-order valence-corrected chi connectivity index (χ2v) is 6.52. The Morgan fingerprint density at radius 2 is 1.81 bits per heavy atom. The lowest BCUT2D eigenvalue weighted by atomic mass is 9.71. The van der Waals surface area contributed by atoms with Gasteiger partial charge in [0.25, 0.3) is 0 Å². The summed E-state index contributed by atoms with van der Waals surface area (Å²) < 4.78 is 0. The number of hydrogen-bond donors (Lipinski definition) is 2. The summed E-state index contributed by atoms with van der Waals surface area (Å²) >= 11 is 0. The summed E-state index contributed by atoms with van der Waals surface area (Å²) in [6.45, 7) is 1.84. The Morgan fingerprint density at radius 3 is 2.38 bits per heavy atom. The summed E-state index contributed by atoms with van der Waals surface area (Å²) in [7, 11) is 0. The molecule has 0 bridgehead atoms. The molecule has 2 amide bonds. The molecule has 1 aliphatic carbocycles. The van der Waals surface area contributed by atoms with Crippen LogP contribution in [0.2, 0.25) is 0 Å². The average molecular weight is 318 g/mol. The molecule has 0 aromatic heterocycles. The molecule has 2 rings (SSSR count). The van der Waals surface area contributed by atoms with E-state index in [0.29, 0.717) is 19.5 Å². The van der Waals surface area contributed by atoms with Gasteiger partial charge in [-0.15, -0.1) is 12.4 Å². The van der Waals surface area contributed by atoms with Crippen molar-refractivity contribution < 1.29 is 9.59 Å². The van der Waals surface area contributed by atoms with Gasteiger partial charge >= 0.3 is 0 Å². The van der Waals surface area contributed by atoms with Gasteiger partial charge in [-0.25, -0.2) is 0 Å². The number of amides is 2. The van der Waals surface area contributed by atoms with Crippen LogP contribution in [0.5, 0.6) is 0 Å². The summed E-state index contributed by atoms with van der Waals surface area (Å²) in [6, 6.07) is 0. The number of carbonyl (C=O) groups excluding carboxylic acids is 2. The molecule has 21 heavy (non-hydrogen) atoms. The Labute approximate surface area is 133 Å². The highest BCUT2D eigenvalue weighted by molar-refractivity contribution is 5.85. The first-order chi connectivity index (χ1) is 9.56. The minimum absolute atomic E-state index is 0. The van der Waals surface area contributed by atoms with Crippen molar-refractivity contribution >= 4 is 24.2 Å². The fourth-order valence-electron chi connectivity index (χ4n) is 3.62.